The number of amides is 1. The number of aryl methyl sites for hydroxylation is 3. The minimum Gasteiger partial charge on any atom is -0.505 e. The lowest BCUT2D eigenvalue weighted by atomic mass is 9.96. The molecule has 1 aromatic carbocycles. The normalized spacial score (nSPS) is 17.3. The number of rotatable bonds is 7. The lowest BCUT2D eigenvalue weighted by Gasteiger charge is -2.25. The average molecular weight is 486 g/mol. The van der Waals surface area contributed by atoms with Crippen LogP contribution >= 0.6 is 0 Å². The van der Waals surface area contributed by atoms with Crippen molar-refractivity contribution in [1.82, 2.24) is 23.8 Å². The molecule has 1 unspecified atom stereocenters. The number of carbonyl (C=O) groups excluding carboxylic acids is 2. The van der Waals surface area contributed by atoms with Crippen LogP contribution in [0.15, 0.2) is 66.9 Å². The maximum Gasteiger partial charge on any atom is 0.295 e. The van der Waals surface area contributed by atoms with E-state index in [0.29, 0.717) is 42.2 Å². The van der Waals surface area contributed by atoms with E-state index in [-0.39, 0.29) is 17.0 Å². The van der Waals surface area contributed by atoms with E-state index in [1.165, 1.54) is 4.90 Å². The quantitative estimate of drug-likeness (QED) is 0.244. The fourth-order valence-corrected chi connectivity index (χ4v) is 4.79. The molecule has 1 amide bonds. The summed E-state index contributed by atoms with van der Waals surface area (Å²) in [6.07, 6.45) is 7.72. The van der Waals surface area contributed by atoms with Crippen LogP contribution in [0.2, 0.25) is 0 Å². The van der Waals surface area contributed by atoms with Crippen LogP contribution < -0.4 is 4.74 Å². The number of aromatic nitrogens is 4. The summed E-state index contributed by atoms with van der Waals surface area (Å²) < 4.78 is 9.18. The van der Waals surface area contributed by atoms with E-state index >= 15 is 0 Å². The maximum absolute atomic E-state index is 13.4. The Kier molecular flexibility index (Phi) is 6.05. The highest BCUT2D eigenvalue weighted by atomic mass is 16.5. The second kappa shape index (κ2) is 9.33. The van der Waals surface area contributed by atoms with Gasteiger partial charge in [0.25, 0.3) is 11.7 Å². The van der Waals surface area contributed by atoms with E-state index in [9.17, 15) is 14.7 Å². The first kappa shape index (κ1) is 23.3. The molecule has 36 heavy (non-hydrogen) atoms. The van der Waals surface area contributed by atoms with Crippen LogP contribution in [0.5, 0.6) is 5.75 Å². The number of benzene rings is 1. The van der Waals surface area contributed by atoms with Crippen molar-refractivity contribution in [2.24, 2.45) is 0 Å². The van der Waals surface area contributed by atoms with Gasteiger partial charge in [-0.05, 0) is 49.6 Å². The molecule has 0 spiro atoms. The number of ether oxygens (including phenoxy) is 1. The molecule has 1 atom stereocenters. The highest BCUT2D eigenvalue weighted by molar-refractivity contribution is 6.46. The summed E-state index contributed by atoms with van der Waals surface area (Å²) in [4.78, 5) is 36.8. The van der Waals surface area contributed by atoms with Gasteiger partial charge >= 0.3 is 0 Å². The van der Waals surface area contributed by atoms with Crippen LogP contribution in [0, 0.1) is 13.8 Å². The number of Topliss-reactive ketones (excluding diaryl/α,β-unsaturated/α-hetero) is 1. The van der Waals surface area contributed by atoms with Crippen molar-refractivity contribution >= 4 is 23.1 Å². The molecule has 3 aromatic heterocycles. The molecule has 0 radical (unpaired) electrons. The molecule has 9 heteroatoms. The molecular weight excluding hydrogens is 458 g/mol. The van der Waals surface area contributed by atoms with Crippen molar-refractivity contribution in [3.63, 3.8) is 0 Å². The molecule has 1 fully saturated rings. The summed E-state index contributed by atoms with van der Waals surface area (Å²) in [6, 6.07) is 10.3. The molecule has 4 heterocycles. The third-order valence-electron chi connectivity index (χ3n) is 6.63. The Morgan fingerprint density at radius 2 is 1.94 bits per heavy atom. The van der Waals surface area contributed by atoms with Gasteiger partial charge in [-0.15, -0.1) is 0 Å². The van der Waals surface area contributed by atoms with Crippen molar-refractivity contribution in [1.29, 1.82) is 0 Å². The van der Waals surface area contributed by atoms with Gasteiger partial charge in [0, 0.05) is 31.7 Å². The van der Waals surface area contributed by atoms with Crippen LogP contribution in [-0.4, -0.2) is 54.3 Å². The van der Waals surface area contributed by atoms with Crippen LogP contribution in [0.4, 0.5) is 0 Å². The fourth-order valence-electron chi connectivity index (χ4n) is 4.79. The van der Waals surface area contributed by atoms with Gasteiger partial charge in [0.2, 0.25) is 0 Å². The van der Waals surface area contributed by atoms with E-state index < -0.39 is 17.7 Å². The highest BCUT2D eigenvalue weighted by Gasteiger charge is 2.46. The van der Waals surface area contributed by atoms with Gasteiger partial charge in [-0.2, -0.15) is 0 Å². The van der Waals surface area contributed by atoms with Crippen LogP contribution in [0.25, 0.3) is 11.4 Å². The van der Waals surface area contributed by atoms with E-state index in [1.807, 2.05) is 53.4 Å². The second-order valence-electron chi connectivity index (χ2n) is 8.85. The lowest BCUT2D eigenvalue weighted by molar-refractivity contribution is -0.139. The fraction of sp³-hybridized carbons (Fsp3) is 0.259. The minimum atomic E-state index is -0.770. The number of ketones is 1. The predicted octanol–water partition coefficient (Wildman–Crippen LogP) is 3.67. The third kappa shape index (κ3) is 3.92. The van der Waals surface area contributed by atoms with Gasteiger partial charge in [-0.1, -0.05) is 18.2 Å². The molecule has 1 saturated heterocycles. The van der Waals surface area contributed by atoms with Gasteiger partial charge < -0.3 is 23.7 Å². The smallest absolute Gasteiger partial charge is 0.295 e. The Balaban J connectivity index is 1.61. The summed E-state index contributed by atoms with van der Waals surface area (Å²) in [5, 5.41) is 11.5. The topological polar surface area (TPSA) is 102 Å². The minimum absolute atomic E-state index is 0.0278. The Bertz CT molecular complexity index is 1490. The van der Waals surface area contributed by atoms with Gasteiger partial charge in [0.15, 0.2) is 5.76 Å². The number of imidazole rings is 2. The number of likely N-dealkylation sites (tertiary alicyclic amines) is 1. The van der Waals surface area contributed by atoms with Gasteiger partial charge in [-0.3, -0.25) is 9.59 Å². The molecule has 1 aliphatic rings. The molecule has 9 nitrogen and oxygen atoms in total. The average Bonchev–Trinajstić information content (AvgIpc) is 3.58. The number of methoxy groups -OCH3 is 1. The van der Waals surface area contributed by atoms with E-state index in [4.69, 9.17) is 4.74 Å². The highest BCUT2D eigenvalue weighted by Crippen LogP contribution is 2.40. The zero-order valence-corrected chi connectivity index (χ0v) is 20.4. The summed E-state index contributed by atoms with van der Waals surface area (Å²) in [7, 11) is 1.56. The monoisotopic (exact) mass is 485 g/mol. The molecule has 0 saturated carbocycles. The van der Waals surface area contributed by atoms with Crippen molar-refractivity contribution in [2.75, 3.05) is 13.7 Å². The van der Waals surface area contributed by atoms with E-state index in [2.05, 4.69) is 9.97 Å². The number of hydrogen-bond acceptors (Lipinski definition) is 6. The Hall–Kier alpha value is -4.40. The summed E-state index contributed by atoms with van der Waals surface area (Å²) in [5.41, 5.74) is 3.29. The number of aliphatic hydroxyl groups is 1. The van der Waals surface area contributed by atoms with E-state index in [0.717, 1.165) is 5.56 Å². The predicted molar refractivity (Wildman–Crippen MR) is 134 cm³/mol. The van der Waals surface area contributed by atoms with E-state index in [1.54, 1.807) is 37.8 Å². The summed E-state index contributed by atoms with van der Waals surface area (Å²) in [6.45, 7) is 4.72. The molecule has 5 rings (SSSR count). The number of pyridine rings is 1. The summed E-state index contributed by atoms with van der Waals surface area (Å²) >= 11 is 0. The molecule has 0 bridgehead atoms. The van der Waals surface area contributed by atoms with Crippen LogP contribution in [-0.2, 0) is 16.1 Å². The number of nitrogens with zero attached hydrogens (tertiary/aromatic N) is 5. The Labute approximate surface area is 208 Å². The third-order valence-corrected chi connectivity index (χ3v) is 6.63. The van der Waals surface area contributed by atoms with Crippen molar-refractivity contribution < 1.29 is 19.4 Å². The Morgan fingerprint density at radius 1 is 1.11 bits per heavy atom. The number of fused-ring (bicyclic) bond motifs is 1. The standard InChI is InChI=1S/C27H27N5O4/c1-17-7-5-12-31-18(2)22(29-26(17)31)24(33)21-23(19-8-4-9-20(15-19)36-3)32(27(35)25(21)34)13-6-11-30-14-10-28-16-30/h4-5,7-10,12,14-16,23,33H,6,11,13H2,1-3H3/b24-21+. The maximum atomic E-state index is 13.4. The second-order valence-corrected chi connectivity index (χ2v) is 8.85. The first-order valence-corrected chi connectivity index (χ1v) is 11.7. The largest absolute Gasteiger partial charge is 0.505 e. The number of aliphatic hydroxyl groups excluding tert-OH is 1. The molecule has 1 N–H and O–H groups in total. The van der Waals surface area contributed by atoms with Crippen LogP contribution in [0.3, 0.4) is 0 Å². The van der Waals surface area contributed by atoms with Crippen LogP contribution in [0.1, 0.15) is 35.0 Å². The molecular formula is C27H27N5O4. The first-order chi connectivity index (χ1) is 17.4. The zero-order valence-electron chi connectivity index (χ0n) is 20.4. The molecule has 0 aliphatic carbocycles. The first-order valence-electron chi connectivity index (χ1n) is 11.7. The molecule has 184 valence electrons. The number of carbonyl (C=O) groups is 2. The number of hydrogen-bond donors (Lipinski definition) is 1. The van der Waals surface area contributed by atoms with Crippen molar-refractivity contribution in [3.05, 3.63) is 89.4 Å². The van der Waals surface area contributed by atoms with Crippen molar-refractivity contribution in [3.8, 4) is 5.75 Å². The van der Waals surface area contributed by atoms with Gasteiger partial charge in [0.05, 0.1) is 30.7 Å². The van der Waals surface area contributed by atoms with Crippen molar-refractivity contribution in [2.45, 2.75) is 32.9 Å². The SMILES string of the molecule is COc1cccc(C2/C(=C(\O)c3nc4c(C)cccn4c3C)C(=O)C(=O)N2CCCn2ccnc2)c1. The lowest BCUT2D eigenvalue weighted by Crippen LogP contribution is -2.31. The molecule has 4 aromatic rings. The zero-order chi connectivity index (χ0) is 25.4. The van der Waals surface area contributed by atoms with Gasteiger partial charge in [-0.25, -0.2) is 9.97 Å². The molecule has 1 aliphatic heterocycles. The Morgan fingerprint density at radius 3 is 2.67 bits per heavy atom. The summed E-state index contributed by atoms with van der Waals surface area (Å²) in [5.74, 6) is -1.06. The van der Waals surface area contributed by atoms with Gasteiger partial charge in [0.1, 0.15) is 17.1 Å².